The van der Waals surface area contributed by atoms with Crippen molar-refractivity contribution < 1.29 is 5.11 Å². The van der Waals surface area contributed by atoms with Crippen LogP contribution in [0.2, 0.25) is 0 Å². The van der Waals surface area contributed by atoms with Crippen molar-refractivity contribution in [3.8, 4) is 0 Å². The van der Waals surface area contributed by atoms with Gasteiger partial charge in [0, 0.05) is 33.7 Å². The summed E-state index contributed by atoms with van der Waals surface area (Å²) in [6, 6.07) is 6.12. The first kappa shape index (κ1) is 9.74. The molecule has 0 radical (unpaired) electrons. The highest BCUT2D eigenvalue weighted by atomic mass is 79.9. The first-order valence-electron chi connectivity index (χ1n) is 4.64. The van der Waals surface area contributed by atoms with E-state index in [9.17, 15) is 5.11 Å². The van der Waals surface area contributed by atoms with Gasteiger partial charge in [-0.25, -0.2) is 0 Å². The van der Waals surface area contributed by atoms with Crippen LogP contribution in [-0.2, 0) is 13.2 Å². The van der Waals surface area contributed by atoms with Crippen LogP contribution in [-0.4, -0.2) is 9.67 Å². The Kier molecular flexibility index (Phi) is 2.61. The number of fused-ring (bicyclic) bond motifs is 1. The number of nitrogens with zero attached hydrogens (tertiary/aromatic N) is 1. The van der Waals surface area contributed by atoms with Crippen molar-refractivity contribution >= 4 is 26.8 Å². The van der Waals surface area contributed by atoms with Crippen LogP contribution in [0, 0.1) is 0 Å². The molecule has 14 heavy (non-hydrogen) atoms. The van der Waals surface area contributed by atoms with Gasteiger partial charge in [0.2, 0.25) is 0 Å². The van der Waals surface area contributed by atoms with E-state index >= 15 is 0 Å². The highest BCUT2D eigenvalue weighted by Crippen LogP contribution is 2.24. The zero-order valence-electron chi connectivity index (χ0n) is 8.00. The van der Waals surface area contributed by atoms with Gasteiger partial charge in [-0.2, -0.15) is 0 Å². The highest BCUT2D eigenvalue weighted by Gasteiger charge is 2.06. The van der Waals surface area contributed by atoms with E-state index < -0.39 is 0 Å². The molecule has 1 heterocycles. The third-order valence-corrected chi connectivity index (χ3v) is 2.93. The SMILES string of the molecule is CCn1cc(CO)c2ccc(Br)cc21. The number of aryl methyl sites for hydroxylation is 1. The van der Waals surface area contributed by atoms with E-state index in [0.717, 1.165) is 22.0 Å². The van der Waals surface area contributed by atoms with Gasteiger partial charge in [-0.1, -0.05) is 22.0 Å². The first-order chi connectivity index (χ1) is 6.76. The van der Waals surface area contributed by atoms with Crippen LogP contribution in [0.1, 0.15) is 12.5 Å². The van der Waals surface area contributed by atoms with Gasteiger partial charge in [-0.3, -0.25) is 0 Å². The van der Waals surface area contributed by atoms with Gasteiger partial charge in [0.25, 0.3) is 0 Å². The summed E-state index contributed by atoms with van der Waals surface area (Å²) in [5.41, 5.74) is 2.17. The fourth-order valence-electron chi connectivity index (χ4n) is 1.73. The zero-order chi connectivity index (χ0) is 10.1. The summed E-state index contributed by atoms with van der Waals surface area (Å²) in [5, 5.41) is 10.3. The molecule has 0 fully saturated rings. The Hall–Kier alpha value is -0.800. The fraction of sp³-hybridized carbons (Fsp3) is 0.273. The Labute approximate surface area is 91.3 Å². The molecule has 0 unspecified atom stereocenters. The molecule has 0 aliphatic carbocycles. The van der Waals surface area contributed by atoms with Crippen molar-refractivity contribution in [2.75, 3.05) is 0 Å². The first-order valence-corrected chi connectivity index (χ1v) is 5.43. The number of aliphatic hydroxyl groups is 1. The van der Waals surface area contributed by atoms with Crippen molar-refractivity contribution in [1.29, 1.82) is 0 Å². The number of hydrogen-bond acceptors (Lipinski definition) is 1. The molecule has 2 rings (SSSR count). The molecule has 0 atom stereocenters. The van der Waals surface area contributed by atoms with Crippen molar-refractivity contribution in [1.82, 2.24) is 4.57 Å². The highest BCUT2D eigenvalue weighted by molar-refractivity contribution is 9.10. The zero-order valence-corrected chi connectivity index (χ0v) is 9.58. The third kappa shape index (κ3) is 1.47. The van der Waals surface area contributed by atoms with Crippen molar-refractivity contribution in [2.45, 2.75) is 20.1 Å². The average Bonchev–Trinajstić information content (AvgIpc) is 2.55. The van der Waals surface area contributed by atoms with Gasteiger partial charge < -0.3 is 9.67 Å². The van der Waals surface area contributed by atoms with E-state index in [1.165, 1.54) is 5.52 Å². The van der Waals surface area contributed by atoms with Crippen LogP contribution < -0.4 is 0 Å². The van der Waals surface area contributed by atoms with Crippen LogP contribution >= 0.6 is 15.9 Å². The number of hydrogen-bond donors (Lipinski definition) is 1. The molecular weight excluding hydrogens is 242 g/mol. The molecule has 0 spiro atoms. The van der Waals surface area contributed by atoms with Gasteiger partial charge in [0.1, 0.15) is 0 Å². The number of aliphatic hydroxyl groups excluding tert-OH is 1. The van der Waals surface area contributed by atoms with Crippen LogP contribution in [0.5, 0.6) is 0 Å². The maximum atomic E-state index is 9.19. The lowest BCUT2D eigenvalue weighted by atomic mass is 10.2. The van der Waals surface area contributed by atoms with Crippen LogP contribution in [0.3, 0.4) is 0 Å². The Bertz CT molecular complexity index is 462. The molecule has 0 saturated heterocycles. The molecule has 1 aromatic heterocycles. The Morgan fingerprint density at radius 2 is 2.21 bits per heavy atom. The van der Waals surface area contributed by atoms with Crippen molar-refractivity contribution in [3.63, 3.8) is 0 Å². The Balaban J connectivity index is 2.75. The molecule has 0 amide bonds. The molecule has 2 nitrogen and oxygen atoms in total. The molecule has 0 bridgehead atoms. The second kappa shape index (κ2) is 3.75. The lowest BCUT2D eigenvalue weighted by Crippen LogP contribution is -1.90. The molecule has 3 heteroatoms. The smallest absolute Gasteiger partial charge is 0.0702 e. The average molecular weight is 254 g/mol. The van der Waals surface area contributed by atoms with Gasteiger partial charge in [0.05, 0.1) is 6.61 Å². The van der Waals surface area contributed by atoms with Crippen LogP contribution in [0.25, 0.3) is 10.9 Å². The van der Waals surface area contributed by atoms with Crippen molar-refractivity contribution in [3.05, 3.63) is 34.4 Å². The predicted molar refractivity (Wildman–Crippen MR) is 61.2 cm³/mol. The summed E-state index contributed by atoms with van der Waals surface area (Å²) >= 11 is 3.45. The molecule has 0 aliphatic heterocycles. The van der Waals surface area contributed by atoms with E-state index in [0.29, 0.717) is 0 Å². The topological polar surface area (TPSA) is 25.2 Å². The van der Waals surface area contributed by atoms with E-state index in [1.54, 1.807) is 0 Å². The standard InChI is InChI=1S/C11H12BrNO/c1-2-13-6-8(7-14)10-4-3-9(12)5-11(10)13/h3-6,14H,2,7H2,1H3. The normalized spacial score (nSPS) is 11.1. The second-order valence-electron chi connectivity index (χ2n) is 3.26. The minimum atomic E-state index is 0.102. The molecule has 1 N–H and O–H groups in total. The summed E-state index contributed by atoms with van der Waals surface area (Å²) in [7, 11) is 0. The molecule has 0 saturated carbocycles. The molecule has 74 valence electrons. The minimum absolute atomic E-state index is 0.102. The van der Waals surface area contributed by atoms with Crippen molar-refractivity contribution in [2.24, 2.45) is 0 Å². The monoisotopic (exact) mass is 253 g/mol. The maximum Gasteiger partial charge on any atom is 0.0702 e. The van der Waals surface area contributed by atoms with Gasteiger partial charge in [-0.15, -0.1) is 0 Å². The predicted octanol–water partition coefficient (Wildman–Crippen LogP) is 2.92. The molecular formula is C11H12BrNO. The van der Waals surface area contributed by atoms with E-state index in [1.807, 2.05) is 18.3 Å². The van der Waals surface area contributed by atoms with Gasteiger partial charge in [-0.05, 0) is 19.1 Å². The lowest BCUT2D eigenvalue weighted by molar-refractivity contribution is 0.283. The Morgan fingerprint density at radius 3 is 2.86 bits per heavy atom. The Morgan fingerprint density at radius 1 is 1.43 bits per heavy atom. The number of rotatable bonds is 2. The number of halogens is 1. The fourth-order valence-corrected chi connectivity index (χ4v) is 2.08. The molecule has 0 aliphatic rings. The largest absolute Gasteiger partial charge is 0.392 e. The lowest BCUT2D eigenvalue weighted by Gasteiger charge is -1.99. The third-order valence-electron chi connectivity index (χ3n) is 2.44. The van der Waals surface area contributed by atoms with E-state index in [4.69, 9.17) is 0 Å². The summed E-state index contributed by atoms with van der Waals surface area (Å²) in [6.45, 7) is 3.12. The molecule has 1 aromatic carbocycles. The second-order valence-corrected chi connectivity index (χ2v) is 4.18. The van der Waals surface area contributed by atoms with Crippen LogP contribution in [0.4, 0.5) is 0 Å². The summed E-state index contributed by atoms with van der Waals surface area (Å²) < 4.78 is 3.22. The summed E-state index contributed by atoms with van der Waals surface area (Å²) in [6.07, 6.45) is 2.01. The van der Waals surface area contributed by atoms with E-state index in [-0.39, 0.29) is 6.61 Å². The summed E-state index contributed by atoms with van der Waals surface area (Å²) in [4.78, 5) is 0. The van der Waals surface area contributed by atoms with Crippen LogP contribution in [0.15, 0.2) is 28.9 Å². The number of aromatic nitrogens is 1. The summed E-state index contributed by atoms with van der Waals surface area (Å²) in [5.74, 6) is 0. The van der Waals surface area contributed by atoms with Gasteiger partial charge in [0.15, 0.2) is 0 Å². The quantitative estimate of drug-likeness (QED) is 0.875. The molecule has 2 aromatic rings. The minimum Gasteiger partial charge on any atom is -0.392 e. The number of benzene rings is 1. The van der Waals surface area contributed by atoms with E-state index in [2.05, 4.69) is 33.5 Å². The maximum absolute atomic E-state index is 9.19. The van der Waals surface area contributed by atoms with Gasteiger partial charge >= 0.3 is 0 Å².